The molecule has 172 valence electrons. The molecule has 2 atom stereocenters. The second kappa shape index (κ2) is 12.6. The molecule has 0 radical (unpaired) electrons. The monoisotopic (exact) mass is 521 g/mol. The van der Waals surface area contributed by atoms with Crippen LogP contribution in [0.4, 0.5) is 5.69 Å². The van der Waals surface area contributed by atoms with Crippen molar-refractivity contribution in [1.82, 2.24) is 10.2 Å². The highest BCUT2D eigenvalue weighted by Crippen LogP contribution is 2.19. The van der Waals surface area contributed by atoms with Crippen molar-refractivity contribution >= 4 is 45.2 Å². The van der Waals surface area contributed by atoms with Crippen LogP contribution in [0.25, 0.3) is 0 Å². The Morgan fingerprint density at radius 3 is 2.44 bits per heavy atom. The first-order valence-corrected chi connectivity index (χ1v) is 12.3. The van der Waals surface area contributed by atoms with Crippen LogP contribution in [0.15, 0.2) is 53.0 Å². The van der Waals surface area contributed by atoms with Gasteiger partial charge in [0.2, 0.25) is 11.8 Å². The van der Waals surface area contributed by atoms with Gasteiger partial charge in [-0.3, -0.25) is 19.7 Å². The zero-order valence-electron chi connectivity index (χ0n) is 18.4. The molecular weight excluding hydrogens is 494 g/mol. The minimum atomic E-state index is -0.615. The first kappa shape index (κ1) is 25.9. The molecule has 2 rings (SSSR count). The number of halogens is 1. The van der Waals surface area contributed by atoms with Gasteiger partial charge in [0.05, 0.1) is 10.7 Å². The van der Waals surface area contributed by atoms with Crippen molar-refractivity contribution in [3.63, 3.8) is 0 Å². The molecule has 0 aliphatic carbocycles. The van der Waals surface area contributed by atoms with Gasteiger partial charge < -0.3 is 10.2 Å². The average Bonchev–Trinajstić information content (AvgIpc) is 2.77. The number of carbonyl (C=O) groups excluding carboxylic acids is 2. The van der Waals surface area contributed by atoms with Gasteiger partial charge in [0, 0.05) is 34.9 Å². The number of hydrogen-bond donors (Lipinski definition) is 1. The summed E-state index contributed by atoms with van der Waals surface area (Å²) >= 11 is 4.87. The lowest BCUT2D eigenvalue weighted by Gasteiger charge is -2.29. The molecule has 0 fully saturated rings. The van der Waals surface area contributed by atoms with Crippen LogP contribution >= 0.6 is 27.7 Å². The summed E-state index contributed by atoms with van der Waals surface area (Å²) in [5, 5.41) is 13.7. The van der Waals surface area contributed by atoms with Crippen molar-refractivity contribution in [3.8, 4) is 0 Å². The SMILES string of the molecule is CC[C@H](C)NC(=O)[C@H](C)N(Cc1cccc(Br)c1)C(=O)CSCc1ccc([N+](=O)[O-])cc1. The van der Waals surface area contributed by atoms with Gasteiger partial charge in [-0.15, -0.1) is 11.8 Å². The van der Waals surface area contributed by atoms with E-state index in [-0.39, 0.29) is 29.3 Å². The fourth-order valence-corrected chi connectivity index (χ4v) is 4.25. The van der Waals surface area contributed by atoms with Crippen LogP contribution in [0.5, 0.6) is 0 Å². The van der Waals surface area contributed by atoms with E-state index >= 15 is 0 Å². The van der Waals surface area contributed by atoms with E-state index in [2.05, 4.69) is 21.2 Å². The zero-order valence-corrected chi connectivity index (χ0v) is 20.8. The van der Waals surface area contributed by atoms with Crippen LogP contribution in [-0.4, -0.2) is 39.5 Å². The van der Waals surface area contributed by atoms with Gasteiger partial charge >= 0.3 is 0 Å². The standard InChI is InChI=1S/C23H28BrN3O4S/c1-4-16(2)25-23(29)17(3)26(13-19-6-5-7-20(24)12-19)22(28)15-32-14-18-8-10-21(11-9-18)27(30)31/h5-12,16-17H,4,13-15H2,1-3H3,(H,25,29)/t16-,17-/m0/s1. The minimum Gasteiger partial charge on any atom is -0.352 e. The zero-order chi connectivity index (χ0) is 23.7. The summed E-state index contributed by atoms with van der Waals surface area (Å²) in [7, 11) is 0. The van der Waals surface area contributed by atoms with Crippen molar-refractivity contribution in [2.75, 3.05) is 5.75 Å². The number of carbonyl (C=O) groups is 2. The van der Waals surface area contributed by atoms with E-state index in [1.54, 1.807) is 24.0 Å². The molecule has 0 aromatic heterocycles. The van der Waals surface area contributed by atoms with E-state index in [9.17, 15) is 19.7 Å². The molecule has 0 aliphatic heterocycles. The van der Waals surface area contributed by atoms with Gasteiger partial charge in [-0.2, -0.15) is 0 Å². The lowest BCUT2D eigenvalue weighted by Crippen LogP contribution is -2.50. The Hall–Kier alpha value is -2.39. The van der Waals surface area contributed by atoms with Crippen LogP contribution < -0.4 is 5.32 Å². The summed E-state index contributed by atoms with van der Waals surface area (Å²) in [4.78, 5) is 37.8. The topological polar surface area (TPSA) is 92.6 Å². The minimum absolute atomic E-state index is 0.0317. The van der Waals surface area contributed by atoms with Crippen molar-refractivity contribution in [2.45, 2.75) is 51.6 Å². The van der Waals surface area contributed by atoms with Crippen molar-refractivity contribution in [3.05, 3.63) is 74.2 Å². The smallest absolute Gasteiger partial charge is 0.269 e. The van der Waals surface area contributed by atoms with E-state index in [0.717, 1.165) is 22.0 Å². The molecule has 0 bridgehead atoms. The summed E-state index contributed by atoms with van der Waals surface area (Å²) in [6, 6.07) is 13.4. The van der Waals surface area contributed by atoms with E-state index in [1.807, 2.05) is 38.1 Å². The second-order valence-electron chi connectivity index (χ2n) is 7.56. The molecule has 32 heavy (non-hydrogen) atoms. The number of nitrogens with zero attached hydrogens (tertiary/aromatic N) is 2. The Bertz CT molecular complexity index is 939. The molecule has 1 N–H and O–H groups in total. The Balaban J connectivity index is 2.06. The van der Waals surface area contributed by atoms with Crippen LogP contribution in [0, 0.1) is 10.1 Å². The van der Waals surface area contributed by atoms with Crippen LogP contribution in [0.2, 0.25) is 0 Å². The maximum Gasteiger partial charge on any atom is 0.269 e. The molecule has 0 aliphatic rings. The molecule has 0 unspecified atom stereocenters. The average molecular weight is 522 g/mol. The molecule has 2 aromatic carbocycles. The predicted octanol–water partition coefficient (Wildman–Crippen LogP) is 4.92. The maximum absolute atomic E-state index is 13.1. The highest BCUT2D eigenvalue weighted by Gasteiger charge is 2.26. The van der Waals surface area contributed by atoms with Crippen molar-refractivity contribution in [2.24, 2.45) is 0 Å². The molecular formula is C23H28BrN3O4S. The molecule has 9 heteroatoms. The van der Waals surface area contributed by atoms with Crippen LogP contribution in [0.1, 0.15) is 38.3 Å². The summed E-state index contributed by atoms with van der Waals surface area (Å²) < 4.78 is 0.909. The van der Waals surface area contributed by atoms with E-state index < -0.39 is 11.0 Å². The van der Waals surface area contributed by atoms with E-state index in [0.29, 0.717) is 12.3 Å². The molecule has 7 nitrogen and oxygen atoms in total. The highest BCUT2D eigenvalue weighted by molar-refractivity contribution is 9.10. The number of thioether (sulfide) groups is 1. The molecule has 0 heterocycles. The van der Waals surface area contributed by atoms with Crippen molar-refractivity contribution < 1.29 is 14.5 Å². The van der Waals surface area contributed by atoms with Gasteiger partial charge in [-0.1, -0.05) is 47.1 Å². The number of nitro benzene ring substituents is 1. The van der Waals surface area contributed by atoms with E-state index in [1.165, 1.54) is 23.9 Å². The Kier molecular flexibility index (Phi) is 10.2. The molecule has 0 saturated heterocycles. The lowest BCUT2D eigenvalue weighted by atomic mass is 10.1. The Labute approximate surface area is 201 Å². The van der Waals surface area contributed by atoms with Gasteiger partial charge in [0.1, 0.15) is 6.04 Å². The van der Waals surface area contributed by atoms with Crippen molar-refractivity contribution in [1.29, 1.82) is 0 Å². The number of hydrogen-bond acceptors (Lipinski definition) is 5. The van der Waals surface area contributed by atoms with Gasteiger partial charge in [0.15, 0.2) is 0 Å². The summed E-state index contributed by atoms with van der Waals surface area (Å²) in [5.41, 5.74) is 1.86. The van der Waals surface area contributed by atoms with Gasteiger partial charge in [-0.05, 0) is 43.5 Å². The highest BCUT2D eigenvalue weighted by atomic mass is 79.9. The fraction of sp³-hybridized carbons (Fsp3) is 0.391. The first-order valence-electron chi connectivity index (χ1n) is 10.4. The fourth-order valence-electron chi connectivity index (χ4n) is 2.93. The number of amides is 2. The number of rotatable bonds is 11. The van der Waals surface area contributed by atoms with Gasteiger partial charge in [-0.25, -0.2) is 0 Å². The quantitative estimate of drug-likeness (QED) is 0.334. The third kappa shape index (κ3) is 7.94. The third-order valence-electron chi connectivity index (χ3n) is 5.05. The summed E-state index contributed by atoms with van der Waals surface area (Å²) in [5.74, 6) is 0.431. The number of nitrogens with one attached hydrogen (secondary N) is 1. The number of non-ortho nitro benzene ring substituents is 1. The normalized spacial score (nSPS) is 12.6. The number of benzene rings is 2. The lowest BCUT2D eigenvalue weighted by molar-refractivity contribution is -0.384. The van der Waals surface area contributed by atoms with Gasteiger partial charge in [0.25, 0.3) is 5.69 Å². The van der Waals surface area contributed by atoms with E-state index in [4.69, 9.17) is 0 Å². The summed E-state index contributed by atoms with van der Waals surface area (Å²) in [6.07, 6.45) is 0.809. The molecule has 0 spiro atoms. The first-order chi connectivity index (χ1) is 15.2. The summed E-state index contributed by atoms with van der Waals surface area (Å²) in [6.45, 7) is 6.00. The van der Waals surface area contributed by atoms with Crippen LogP contribution in [0.3, 0.4) is 0 Å². The number of nitro groups is 1. The molecule has 0 saturated carbocycles. The Morgan fingerprint density at radius 1 is 1.16 bits per heavy atom. The third-order valence-corrected chi connectivity index (χ3v) is 6.53. The second-order valence-corrected chi connectivity index (χ2v) is 9.46. The maximum atomic E-state index is 13.1. The Morgan fingerprint density at radius 2 is 1.84 bits per heavy atom. The largest absolute Gasteiger partial charge is 0.352 e. The molecule has 2 aromatic rings. The predicted molar refractivity (Wildman–Crippen MR) is 131 cm³/mol. The van der Waals surface area contributed by atoms with Crippen LogP contribution in [-0.2, 0) is 21.9 Å². The molecule has 2 amide bonds.